The third-order valence-electron chi connectivity index (χ3n) is 2.71. The zero-order chi connectivity index (χ0) is 10.4. The number of methoxy groups -OCH3 is 1. The average Bonchev–Trinajstić information content (AvgIpc) is 2.26. The number of esters is 1. The molecule has 14 heavy (non-hydrogen) atoms. The third kappa shape index (κ3) is 3.64. The largest absolute Gasteiger partial charge is 0.469 e. The Morgan fingerprint density at radius 1 is 1.71 bits per heavy atom. The Morgan fingerprint density at radius 3 is 3.07 bits per heavy atom. The van der Waals surface area contributed by atoms with Crippen LogP contribution in [-0.2, 0) is 14.3 Å². The van der Waals surface area contributed by atoms with Crippen molar-refractivity contribution in [3.63, 3.8) is 0 Å². The Balaban J connectivity index is 2.19. The molecule has 1 rings (SSSR count). The summed E-state index contributed by atoms with van der Waals surface area (Å²) in [4.78, 5) is 10.9. The first-order valence-corrected chi connectivity index (χ1v) is 5.14. The number of nitrogens with two attached hydrogens (primary N) is 1. The smallest absolute Gasteiger partial charge is 0.305 e. The van der Waals surface area contributed by atoms with Crippen molar-refractivity contribution < 1.29 is 14.3 Å². The van der Waals surface area contributed by atoms with Gasteiger partial charge in [-0.1, -0.05) is 0 Å². The fourth-order valence-electron chi connectivity index (χ4n) is 1.73. The summed E-state index contributed by atoms with van der Waals surface area (Å²) < 4.78 is 9.90. The fraction of sp³-hybridized carbons (Fsp3) is 0.900. The maximum atomic E-state index is 10.9. The highest BCUT2D eigenvalue weighted by Crippen LogP contribution is 2.18. The van der Waals surface area contributed by atoms with Gasteiger partial charge in [-0.05, 0) is 25.2 Å². The standard InChI is InChI=1S/C10H19NO3/c1-13-10(12)5-4-9(11)8-3-2-6-14-7-8/h8-9H,2-7,11H2,1H3. The highest BCUT2D eigenvalue weighted by molar-refractivity contribution is 5.69. The lowest BCUT2D eigenvalue weighted by Gasteiger charge is -2.27. The molecule has 0 bridgehead atoms. The second kappa shape index (κ2) is 5.98. The SMILES string of the molecule is COC(=O)CCC(N)C1CCCOC1. The van der Waals surface area contributed by atoms with Crippen LogP contribution in [0, 0.1) is 5.92 Å². The van der Waals surface area contributed by atoms with Gasteiger partial charge in [-0.3, -0.25) is 4.79 Å². The summed E-state index contributed by atoms with van der Waals surface area (Å²) in [6, 6.07) is 0.0643. The van der Waals surface area contributed by atoms with Crippen molar-refractivity contribution in [1.29, 1.82) is 0 Å². The zero-order valence-electron chi connectivity index (χ0n) is 8.70. The van der Waals surface area contributed by atoms with Gasteiger partial charge in [-0.2, -0.15) is 0 Å². The minimum Gasteiger partial charge on any atom is -0.469 e. The molecule has 0 aromatic carbocycles. The molecule has 0 saturated carbocycles. The predicted octanol–water partition coefficient (Wildman–Crippen LogP) is 0.693. The molecular formula is C10H19NO3. The van der Waals surface area contributed by atoms with E-state index < -0.39 is 0 Å². The molecule has 0 aromatic heterocycles. The van der Waals surface area contributed by atoms with Gasteiger partial charge in [-0.25, -0.2) is 0 Å². The van der Waals surface area contributed by atoms with Crippen LogP contribution in [0.3, 0.4) is 0 Å². The summed E-state index contributed by atoms with van der Waals surface area (Å²) in [7, 11) is 1.40. The van der Waals surface area contributed by atoms with Crippen molar-refractivity contribution >= 4 is 5.97 Å². The maximum Gasteiger partial charge on any atom is 0.305 e. The molecule has 1 aliphatic rings. The Hall–Kier alpha value is -0.610. The average molecular weight is 201 g/mol. The number of hydrogen-bond donors (Lipinski definition) is 1. The van der Waals surface area contributed by atoms with Gasteiger partial charge in [0.2, 0.25) is 0 Å². The van der Waals surface area contributed by atoms with Crippen LogP contribution in [0.5, 0.6) is 0 Å². The summed E-state index contributed by atoms with van der Waals surface area (Å²) in [6.07, 6.45) is 3.30. The van der Waals surface area contributed by atoms with Gasteiger partial charge in [0.15, 0.2) is 0 Å². The van der Waals surface area contributed by atoms with Crippen molar-refractivity contribution in [2.75, 3.05) is 20.3 Å². The van der Waals surface area contributed by atoms with Crippen LogP contribution >= 0.6 is 0 Å². The lowest BCUT2D eigenvalue weighted by Crippen LogP contribution is -2.36. The van der Waals surface area contributed by atoms with Crippen LogP contribution < -0.4 is 5.73 Å². The van der Waals surface area contributed by atoms with Crippen LogP contribution in [0.25, 0.3) is 0 Å². The second-order valence-corrected chi connectivity index (χ2v) is 3.76. The highest BCUT2D eigenvalue weighted by atomic mass is 16.5. The molecule has 4 nitrogen and oxygen atoms in total. The predicted molar refractivity (Wildman–Crippen MR) is 52.8 cm³/mol. The van der Waals surface area contributed by atoms with Crippen LogP contribution in [0.15, 0.2) is 0 Å². The number of carbonyl (C=O) groups excluding carboxylic acids is 1. The Bertz CT molecular complexity index is 178. The Kier molecular flexibility index (Phi) is 4.90. The van der Waals surface area contributed by atoms with E-state index in [4.69, 9.17) is 10.5 Å². The molecule has 4 heteroatoms. The van der Waals surface area contributed by atoms with Crippen molar-refractivity contribution in [3.05, 3.63) is 0 Å². The van der Waals surface area contributed by atoms with Crippen molar-refractivity contribution in [2.24, 2.45) is 11.7 Å². The molecule has 1 heterocycles. The maximum absolute atomic E-state index is 10.9. The molecule has 0 aromatic rings. The Morgan fingerprint density at radius 2 is 2.50 bits per heavy atom. The molecule has 82 valence electrons. The Labute approximate surface area is 84.7 Å². The molecule has 2 unspecified atom stereocenters. The van der Waals surface area contributed by atoms with E-state index in [0.29, 0.717) is 18.8 Å². The normalized spacial score (nSPS) is 24.3. The molecule has 0 spiro atoms. The van der Waals surface area contributed by atoms with E-state index in [1.54, 1.807) is 0 Å². The third-order valence-corrected chi connectivity index (χ3v) is 2.71. The first kappa shape index (κ1) is 11.5. The number of rotatable bonds is 4. The fourth-order valence-corrected chi connectivity index (χ4v) is 1.73. The van der Waals surface area contributed by atoms with E-state index in [2.05, 4.69) is 4.74 Å². The molecule has 0 radical (unpaired) electrons. The highest BCUT2D eigenvalue weighted by Gasteiger charge is 2.21. The van der Waals surface area contributed by atoms with E-state index in [9.17, 15) is 4.79 Å². The van der Waals surface area contributed by atoms with E-state index in [1.807, 2.05) is 0 Å². The molecule has 1 aliphatic heterocycles. The minimum absolute atomic E-state index is 0.0643. The quantitative estimate of drug-likeness (QED) is 0.680. The van der Waals surface area contributed by atoms with Gasteiger partial charge in [0.25, 0.3) is 0 Å². The topological polar surface area (TPSA) is 61.5 Å². The summed E-state index contributed by atoms with van der Waals surface area (Å²) >= 11 is 0. The van der Waals surface area contributed by atoms with Gasteiger partial charge in [0, 0.05) is 19.1 Å². The van der Waals surface area contributed by atoms with Gasteiger partial charge in [-0.15, -0.1) is 0 Å². The monoisotopic (exact) mass is 201 g/mol. The minimum atomic E-state index is -0.183. The van der Waals surface area contributed by atoms with Crippen LogP contribution in [0.2, 0.25) is 0 Å². The number of ether oxygens (including phenoxy) is 2. The van der Waals surface area contributed by atoms with Crippen molar-refractivity contribution in [3.8, 4) is 0 Å². The van der Waals surface area contributed by atoms with Crippen LogP contribution in [-0.4, -0.2) is 32.3 Å². The van der Waals surface area contributed by atoms with Crippen molar-refractivity contribution in [1.82, 2.24) is 0 Å². The summed E-state index contributed by atoms with van der Waals surface area (Å²) in [5.41, 5.74) is 5.96. The molecule has 1 fully saturated rings. The zero-order valence-corrected chi connectivity index (χ0v) is 8.70. The lowest BCUT2D eigenvalue weighted by molar-refractivity contribution is -0.140. The number of carbonyl (C=O) groups is 1. The van der Waals surface area contributed by atoms with E-state index in [0.717, 1.165) is 26.1 Å². The molecule has 0 amide bonds. The summed E-state index contributed by atoms with van der Waals surface area (Å²) in [5.74, 6) is 0.227. The first-order chi connectivity index (χ1) is 6.74. The van der Waals surface area contributed by atoms with E-state index >= 15 is 0 Å². The van der Waals surface area contributed by atoms with Crippen LogP contribution in [0.1, 0.15) is 25.7 Å². The van der Waals surface area contributed by atoms with Crippen LogP contribution in [0.4, 0.5) is 0 Å². The molecule has 1 saturated heterocycles. The van der Waals surface area contributed by atoms with Gasteiger partial charge >= 0.3 is 5.97 Å². The second-order valence-electron chi connectivity index (χ2n) is 3.76. The van der Waals surface area contributed by atoms with Gasteiger partial charge in [0.1, 0.15) is 0 Å². The molecule has 0 aliphatic carbocycles. The molecular weight excluding hydrogens is 182 g/mol. The molecule has 2 atom stereocenters. The summed E-state index contributed by atoms with van der Waals surface area (Å²) in [6.45, 7) is 1.59. The number of hydrogen-bond acceptors (Lipinski definition) is 4. The van der Waals surface area contributed by atoms with Gasteiger partial charge < -0.3 is 15.2 Å². The van der Waals surface area contributed by atoms with E-state index in [1.165, 1.54) is 7.11 Å². The lowest BCUT2D eigenvalue weighted by atomic mass is 9.91. The summed E-state index contributed by atoms with van der Waals surface area (Å²) in [5, 5.41) is 0. The van der Waals surface area contributed by atoms with E-state index in [-0.39, 0.29) is 12.0 Å². The first-order valence-electron chi connectivity index (χ1n) is 5.14. The van der Waals surface area contributed by atoms with Gasteiger partial charge in [0.05, 0.1) is 13.7 Å². The molecule has 2 N–H and O–H groups in total. The van der Waals surface area contributed by atoms with Crippen molar-refractivity contribution in [2.45, 2.75) is 31.7 Å².